The topological polar surface area (TPSA) is 54.2 Å². The zero-order valence-corrected chi connectivity index (χ0v) is 15.8. The molecule has 25 heavy (non-hydrogen) atoms. The first-order valence-corrected chi connectivity index (χ1v) is 9.47. The van der Waals surface area contributed by atoms with Crippen molar-refractivity contribution >= 4 is 28.3 Å². The fourth-order valence-corrected chi connectivity index (χ4v) is 3.69. The van der Waals surface area contributed by atoms with Gasteiger partial charge in [-0.05, 0) is 30.5 Å². The van der Waals surface area contributed by atoms with Gasteiger partial charge in [0.1, 0.15) is 5.82 Å². The molecule has 132 valence electrons. The number of aryl methyl sites for hydroxylation is 1. The van der Waals surface area contributed by atoms with Gasteiger partial charge in [-0.25, -0.2) is 4.98 Å². The Hall–Kier alpha value is -2.34. The Balaban J connectivity index is 1.52. The van der Waals surface area contributed by atoms with Crippen molar-refractivity contribution in [2.45, 2.75) is 26.3 Å². The van der Waals surface area contributed by atoms with Gasteiger partial charge in [0.15, 0.2) is 5.96 Å². The lowest BCUT2D eigenvalue weighted by molar-refractivity contribution is 0.651. The molecule has 2 heterocycles. The molecule has 0 aliphatic heterocycles. The Labute approximate surface area is 152 Å². The average molecular weight is 356 g/mol. The summed E-state index contributed by atoms with van der Waals surface area (Å²) >= 11 is 1.80. The van der Waals surface area contributed by atoms with E-state index in [1.54, 1.807) is 11.3 Å². The molecule has 0 spiro atoms. The number of imidazole rings is 1. The smallest absolute Gasteiger partial charge is 0.191 e. The summed E-state index contributed by atoms with van der Waals surface area (Å²) in [4.78, 5) is 10.3. The number of nitrogens with one attached hydrogen (secondary N) is 2. The molecule has 2 aromatic heterocycles. The average Bonchev–Trinajstić information content (AvgIpc) is 3.26. The summed E-state index contributed by atoms with van der Waals surface area (Å²) < 4.78 is 2.24. The maximum Gasteiger partial charge on any atom is 0.191 e. The van der Waals surface area contributed by atoms with Gasteiger partial charge < -0.3 is 15.2 Å². The number of rotatable bonds is 6. The Bertz CT molecular complexity index is 835. The van der Waals surface area contributed by atoms with Gasteiger partial charge in [0.25, 0.3) is 0 Å². The highest BCUT2D eigenvalue weighted by atomic mass is 32.1. The van der Waals surface area contributed by atoms with Crippen LogP contribution in [0.5, 0.6) is 0 Å². The predicted octanol–water partition coefficient (Wildman–Crippen LogP) is 3.37. The van der Waals surface area contributed by atoms with E-state index in [4.69, 9.17) is 0 Å². The van der Waals surface area contributed by atoms with Crippen molar-refractivity contribution in [1.29, 1.82) is 0 Å². The molecule has 0 aliphatic rings. The van der Waals surface area contributed by atoms with E-state index in [1.165, 1.54) is 10.4 Å². The van der Waals surface area contributed by atoms with Gasteiger partial charge in [-0.3, -0.25) is 4.99 Å². The van der Waals surface area contributed by atoms with Crippen molar-refractivity contribution in [3.63, 3.8) is 0 Å². The minimum atomic E-state index is 0.471. The van der Waals surface area contributed by atoms with Crippen LogP contribution >= 0.6 is 11.3 Å². The predicted molar refractivity (Wildman–Crippen MR) is 107 cm³/mol. The SMILES string of the molecule is CN=C(NCCn1c(C)nc2ccccc21)NCC(C)c1cccs1. The molecule has 5 nitrogen and oxygen atoms in total. The third-order valence-electron chi connectivity index (χ3n) is 4.30. The van der Waals surface area contributed by atoms with E-state index < -0.39 is 0 Å². The number of hydrogen-bond acceptors (Lipinski definition) is 3. The van der Waals surface area contributed by atoms with E-state index in [2.05, 4.69) is 74.7 Å². The van der Waals surface area contributed by atoms with Crippen LogP contribution in [0.1, 0.15) is 23.5 Å². The van der Waals surface area contributed by atoms with E-state index in [1.807, 2.05) is 13.1 Å². The first-order chi connectivity index (χ1) is 12.2. The summed E-state index contributed by atoms with van der Waals surface area (Å²) in [6.07, 6.45) is 0. The summed E-state index contributed by atoms with van der Waals surface area (Å²) in [7, 11) is 1.81. The number of para-hydroxylation sites is 2. The zero-order valence-electron chi connectivity index (χ0n) is 15.0. The van der Waals surface area contributed by atoms with E-state index >= 15 is 0 Å². The Morgan fingerprint density at radius 2 is 2.08 bits per heavy atom. The van der Waals surface area contributed by atoms with Gasteiger partial charge in [-0.1, -0.05) is 25.1 Å². The number of hydrogen-bond donors (Lipinski definition) is 2. The lowest BCUT2D eigenvalue weighted by Crippen LogP contribution is -2.40. The van der Waals surface area contributed by atoms with Crippen molar-refractivity contribution in [3.05, 3.63) is 52.5 Å². The van der Waals surface area contributed by atoms with Crippen LogP contribution in [-0.2, 0) is 6.54 Å². The minimum absolute atomic E-state index is 0.471. The molecule has 1 aromatic carbocycles. The van der Waals surface area contributed by atoms with Crippen LogP contribution in [0, 0.1) is 6.92 Å². The highest BCUT2D eigenvalue weighted by molar-refractivity contribution is 7.10. The third-order valence-corrected chi connectivity index (χ3v) is 5.41. The van der Waals surface area contributed by atoms with E-state index in [0.29, 0.717) is 5.92 Å². The molecule has 0 radical (unpaired) electrons. The summed E-state index contributed by atoms with van der Waals surface area (Å²) in [5.41, 5.74) is 2.23. The number of aliphatic imine (C=N–C) groups is 1. The van der Waals surface area contributed by atoms with Gasteiger partial charge >= 0.3 is 0 Å². The summed E-state index contributed by atoms with van der Waals surface area (Å²) in [5, 5.41) is 8.93. The first kappa shape index (κ1) is 17.5. The van der Waals surface area contributed by atoms with Crippen LogP contribution in [-0.4, -0.2) is 35.6 Å². The van der Waals surface area contributed by atoms with E-state index in [0.717, 1.165) is 36.9 Å². The number of benzene rings is 1. The highest BCUT2D eigenvalue weighted by Crippen LogP contribution is 2.19. The summed E-state index contributed by atoms with van der Waals surface area (Å²) in [6, 6.07) is 12.5. The molecule has 0 saturated carbocycles. The van der Waals surface area contributed by atoms with Crippen molar-refractivity contribution in [2.75, 3.05) is 20.1 Å². The van der Waals surface area contributed by atoms with Crippen molar-refractivity contribution < 1.29 is 0 Å². The second kappa shape index (κ2) is 8.16. The first-order valence-electron chi connectivity index (χ1n) is 8.59. The number of nitrogens with zero attached hydrogens (tertiary/aromatic N) is 3. The molecular formula is C19H25N5S. The maximum atomic E-state index is 4.61. The lowest BCUT2D eigenvalue weighted by atomic mass is 10.1. The fourth-order valence-electron chi connectivity index (χ4n) is 2.91. The van der Waals surface area contributed by atoms with Crippen molar-refractivity contribution in [2.24, 2.45) is 4.99 Å². The van der Waals surface area contributed by atoms with Gasteiger partial charge in [-0.15, -0.1) is 11.3 Å². The second-order valence-electron chi connectivity index (χ2n) is 6.10. The number of thiophene rings is 1. The second-order valence-corrected chi connectivity index (χ2v) is 7.07. The molecule has 0 bridgehead atoms. The minimum Gasteiger partial charge on any atom is -0.356 e. The molecule has 6 heteroatoms. The summed E-state index contributed by atoms with van der Waals surface area (Å²) in [5.74, 6) is 2.35. The van der Waals surface area contributed by atoms with Crippen LogP contribution in [0.4, 0.5) is 0 Å². The number of aromatic nitrogens is 2. The van der Waals surface area contributed by atoms with Gasteiger partial charge in [0.05, 0.1) is 11.0 Å². The fraction of sp³-hybridized carbons (Fsp3) is 0.368. The van der Waals surface area contributed by atoms with E-state index in [9.17, 15) is 0 Å². The number of guanidine groups is 1. The molecule has 3 rings (SSSR count). The normalized spacial score (nSPS) is 13.2. The monoisotopic (exact) mass is 355 g/mol. The molecule has 2 N–H and O–H groups in total. The van der Waals surface area contributed by atoms with Crippen molar-refractivity contribution in [3.8, 4) is 0 Å². The molecule has 0 fully saturated rings. The molecule has 0 saturated heterocycles. The number of fused-ring (bicyclic) bond motifs is 1. The van der Waals surface area contributed by atoms with E-state index in [-0.39, 0.29) is 0 Å². The van der Waals surface area contributed by atoms with Crippen LogP contribution in [0.2, 0.25) is 0 Å². The Morgan fingerprint density at radius 1 is 1.24 bits per heavy atom. The quantitative estimate of drug-likeness (QED) is 0.526. The Morgan fingerprint density at radius 3 is 2.84 bits per heavy atom. The van der Waals surface area contributed by atoms with Crippen molar-refractivity contribution in [1.82, 2.24) is 20.2 Å². The standard InChI is InChI=1S/C19H25N5S/c1-14(18-9-6-12-25-18)13-22-19(20-3)21-10-11-24-15(2)23-16-7-4-5-8-17(16)24/h4-9,12,14H,10-11,13H2,1-3H3,(H2,20,21,22). The maximum absolute atomic E-state index is 4.61. The zero-order chi connectivity index (χ0) is 17.6. The summed E-state index contributed by atoms with van der Waals surface area (Å²) in [6.45, 7) is 6.80. The largest absolute Gasteiger partial charge is 0.356 e. The molecule has 0 amide bonds. The molecule has 3 aromatic rings. The Kier molecular flexibility index (Phi) is 5.71. The molecule has 1 atom stereocenters. The van der Waals surface area contributed by atoms with Gasteiger partial charge in [-0.2, -0.15) is 0 Å². The van der Waals surface area contributed by atoms with Gasteiger partial charge in [0.2, 0.25) is 0 Å². The van der Waals surface area contributed by atoms with Crippen LogP contribution in [0.3, 0.4) is 0 Å². The molecule has 1 unspecified atom stereocenters. The van der Waals surface area contributed by atoms with Crippen LogP contribution < -0.4 is 10.6 Å². The van der Waals surface area contributed by atoms with Gasteiger partial charge in [0, 0.05) is 37.5 Å². The molecular weight excluding hydrogens is 330 g/mol. The lowest BCUT2D eigenvalue weighted by Gasteiger charge is -2.16. The molecule has 0 aliphatic carbocycles. The van der Waals surface area contributed by atoms with Crippen LogP contribution in [0.15, 0.2) is 46.8 Å². The highest BCUT2D eigenvalue weighted by Gasteiger charge is 2.09. The van der Waals surface area contributed by atoms with Crippen LogP contribution in [0.25, 0.3) is 11.0 Å². The third kappa shape index (κ3) is 4.20.